The van der Waals surface area contributed by atoms with E-state index in [1.807, 2.05) is 6.08 Å². The van der Waals surface area contributed by atoms with Crippen molar-refractivity contribution in [3.05, 3.63) is 46.8 Å². The van der Waals surface area contributed by atoms with Gasteiger partial charge in [0.15, 0.2) is 0 Å². The molecule has 0 amide bonds. The van der Waals surface area contributed by atoms with E-state index in [2.05, 4.69) is 10.3 Å². The fourth-order valence-corrected chi connectivity index (χ4v) is 2.89. The Hall–Kier alpha value is -1.57. The molecule has 0 spiro atoms. The normalized spacial score (nSPS) is 22.6. The average Bonchev–Trinajstić information content (AvgIpc) is 2.55. The molecule has 3 rings (SSSR count). The fourth-order valence-electron chi connectivity index (χ4n) is 2.57. The first-order valence-corrected chi connectivity index (χ1v) is 7.54. The number of aromatic nitrogens is 1. The lowest BCUT2D eigenvalue weighted by Crippen LogP contribution is -2.45. The Morgan fingerprint density at radius 3 is 2.78 bits per heavy atom. The molecule has 1 aromatic rings. The fraction of sp³-hybridized carbons (Fsp3) is 0.400. The minimum absolute atomic E-state index is 0.259. The second-order valence-corrected chi connectivity index (χ2v) is 5.62. The van der Waals surface area contributed by atoms with Crippen LogP contribution in [0.15, 0.2) is 41.2 Å². The van der Waals surface area contributed by atoms with Crippen LogP contribution in [0.1, 0.15) is 5.56 Å². The van der Waals surface area contributed by atoms with Gasteiger partial charge in [-0.2, -0.15) is 13.2 Å². The Balaban J connectivity index is 1.89. The van der Waals surface area contributed by atoms with E-state index in [9.17, 15) is 13.2 Å². The lowest BCUT2D eigenvalue weighted by Gasteiger charge is -2.35. The van der Waals surface area contributed by atoms with E-state index in [-0.39, 0.29) is 6.10 Å². The second-order valence-electron chi connectivity index (χ2n) is 5.21. The van der Waals surface area contributed by atoms with E-state index in [1.165, 1.54) is 6.07 Å². The zero-order valence-electron chi connectivity index (χ0n) is 12.1. The highest BCUT2D eigenvalue weighted by molar-refractivity contribution is 6.32. The maximum Gasteiger partial charge on any atom is 0.417 e. The van der Waals surface area contributed by atoms with Crippen molar-refractivity contribution in [3.8, 4) is 0 Å². The van der Waals surface area contributed by atoms with Crippen LogP contribution in [0, 0.1) is 0 Å². The van der Waals surface area contributed by atoms with Crippen LogP contribution in [0.25, 0.3) is 0 Å². The molecule has 1 saturated heterocycles. The Labute approximate surface area is 136 Å². The highest BCUT2D eigenvalue weighted by Crippen LogP contribution is 2.32. The van der Waals surface area contributed by atoms with Gasteiger partial charge in [0.05, 0.1) is 22.9 Å². The first kappa shape index (κ1) is 16.3. The number of halogens is 4. The summed E-state index contributed by atoms with van der Waals surface area (Å²) < 4.78 is 43.7. The van der Waals surface area contributed by atoms with Crippen molar-refractivity contribution >= 4 is 17.4 Å². The number of anilines is 1. The Bertz CT molecular complexity index is 622. The van der Waals surface area contributed by atoms with Crippen molar-refractivity contribution in [3.63, 3.8) is 0 Å². The minimum Gasteiger partial charge on any atom is -0.369 e. The van der Waals surface area contributed by atoms with Crippen LogP contribution >= 0.6 is 11.6 Å². The van der Waals surface area contributed by atoms with E-state index in [1.54, 1.807) is 11.0 Å². The summed E-state index contributed by atoms with van der Waals surface area (Å²) in [6.07, 6.45) is -0.221. The Morgan fingerprint density at radius 2 is 2.17 bits per heavy atom. The van der Waals surface area contributed by atoms with Crippen molar-refractivity contribution < 1.29 is 17.9 Å². The van der Waals surface area contributed by atoms with Crippen LogP contribution < -0.4 is 10.2 Å². The molecule has 23 heavy (non-hydrogen) atoms. The van der Waals surface area contributed by atoms with Gasteiger partial charge in [-0.1, -0.05) is 17.7 Å². The summed E-state index contributed by atoms with van der Waals surface area (Å²) in [5, 5.41) is 3.72. The van der Waals surface area contributed by atoms with E-state index in [0.717, 1.165) is 18.8 Å². The van der Waals surface area contributed by atoms with Gasteiger partial charge >= 0.3 is 6.18 Å². The van der Waals surface area contributed by atoms with Gasteiger partial charge in [0.25, 0.3) is 0 Å². The maximum atomic E-state index is 12.7. The Morgan fingerprint density at radius 1 is 1.35 bits per heavy atom. The number of alkyl halides is 3. The monoisotopic (exact) mass is 345 g/mol. The van der Waals surface area contributed by atoms with Crippen molar-refractivity contribution in [2.75, 3.05) is 31.1 Å². The standard InChI is InChI=1S/C15H15ClF3N3O/c16-11-2-1-6-22(14(11)12-9-20-5-7-23-12)13-4-3-10(8-21-13)15(17,18)19/h1-4,8,12,20H,5-7,9H2. The molecule has 0 aliphatic carbocycles. The zero-order chi connectivity index (χ0) is 16.4. The molecule has 1 aromatic heterocycles. The molecule has 2 aliphatic heterocycles. The van der Waals surface area contributed by atoms with Crippen LogP contribution in [0.5, 0.6) is 0 Å². The topological polar surface area (TPSA) is 37.4 Å². The number of nitrogens with one attached hydrogen (secondary N) is 1. The first-order valence-electron chi connectivity index (χ1n) is 7.16. The zero-order valence-corrected chi connectivity index (χ0v) is 12.9. The molecule has 4 nitrogen and oxygen atoms in total. The van der Waals surface area contributed by atoms with Gasteiger partial charge in [-0.15, -0.1) is 0 Å². The predicted molar refractivity (Wildman–Crippen MR) is 81.2 cm³/mol. The highest BCUT2D eigenvalue weighted by atomic mass is 35.5. The number of allylic oxidation sites excluding steroid dienone is 2. The summed E-state index contributed by atoms with van der Waals surface area (Å²) in [5.74, 6) is 0.407. The quantitative estimate of drug-likeness (QED) is 0.894. The van der Waals surface area contributed by atoms with Crippen molar-refractivity contribution in [2.24, 2.45) is 0 Å². The van der Waals surface area contributed by atoms with E-state index < -0.39 is 11.7 Å². The first-order chi connectivity index (χ1) is 11.0. The van der Waals surface area contributed by atoms with E-state index >= 15 is 0 Å². The molecule has 1 unspecified atom stereocenters. The number of hydrogen-bond donors (Lipinski definition) is 1. The molecule has 0 radical (unpaired) electrons. The number of ether oxygens (including phenoxy) is 1. The molecule has 8 heteroatoms. The largest absolute Gasteiger partial charge is 0.417 e. The molecule has 3 heterocycles. The SMILES string of the molecule is FC(F)(F)c1ccc(N2CC=CC(Cl)=C2C2CNCCO2)nc1. The lowest BCUT2D eigenvalue weighted by atomic mass is 10.1. The summed E-state index contributed by atoms with van der Waals surface area (Å²) in [4.78, 5) is 5.73. The van der Waals surface area contributed by atoms with Gasteiger partial charge in [-0.05, 0) is 18.2 Å². The summed E-state index contributed by atoms with van der Waals surface area (Å²) >= 11 is 6.30. The van der Waals surface area contributed by atoms with Crippen LogP contribution in [0.3, 0.4) is 0 Å². The number of pyridine rings is 1. The summed E-state index contributed by atoms with van der Waals surface area (Å²) in [5.41, 5.74) is -0.0605. The molecular weight excluding hydrogens is 331 g/mol. The van der Waals surface area contributed by atoms with Gasteiger partial charge in [-0.25, -0.2) is 4.98 Å². The molecule has 124 valence electrons. The van der Waals surface area contributed by atoms with Crippen LogP contribution in [0.2, 0.25) is 0 Å². The summed E-state index contributed by atoms with van der Waals surface area (Å²) in [6, 6.07) is 2.37. The third-order valence-electron chi connectivity index (χ3n) is 3.67. The lowest BCUT2D eigenvalue weighted by molar-refractivity contribution is -0.137. The average molecular weight is 346 g/mol. The number of nitrogens with zero attached hydrogens (tertiary/aromatic N) is 2. The molecule has 0 saturated carbocycles. The molecule has 1 atom stereocenters. The van der Waals surface area contributed by atoms with E-state index in [0.29, 0.717) is 36.2 Å². The van der Waals surface area contributed by atoms with Gasteiger partial charge in [0.2, 0.25) is 0 Å². The summed E-state index contributed by atoms with van der Waals surface area (Å²) in [6.45, 7) is 2.38. The predicted octanol–water partition coefficient (Wildman–Crippen LogP) is 2.92. The molecule has 1 fully saturated rings. The van der Waals surface area contributed by atoms with Crippen molar-refractivity contribution in [1.29, 1.82) is 0 Å². The minimum atomic E-state index is -4.40. The van der Waals surface area contributed by atoms with Crippen molar-refractivity contribution in [2.45, 2.75) is 12.3 Å². The second kappa shape index (κ2) is 6.51. The third kappa shape index (κ3) is 3.52. The van der Waals surface area contributed by atoms with Crippen LogP contribution in [0.4, 0.5) is 19.0 Å². The third-order valence-corrected chi connectivity index (χ3v) is 3.99. The molecular formula is C15H15ClF3N3O. The number of hydrogen-bond acceptors (Lipinski definition) is 4. The van der Waals surface area contributed by atoms with Crippen LogP contribution in [-0.2, 0) is 10.9 Å². The van der Waals surface area contributed by atoms with Gasteiger partial charge in [0, 0.05) is 25.8 Å². The van der Waals surface area contributed by atoms with Crippen molar-refractivity contribution in [1.82, 2.24) is 10.3 Å². The highest BCUT2D eigenvalue weighted by Gasteiger charge is 2.32. The van der Waals surface area contributed by atoms with Crippen LogP contribution in [-0.4, -0.2) is 37.3 Å². The Kier molecular flexibility index (Phi) is 4.61. The molecule has 1 N–H and O–H groups in total. The summed E-state index contributed by atoms with van der Waals surface area (Å²) in [7, 11) is 0. The number of morpholine rings is 1. The molecule has 2 aliphatic rings. The smallest absolute Gasteiger partial charge is 0.369 e. The molecule has 0 aromatic carbocycles. The maximum absolute atomic E-state index is 12.7. The van der Waals surface area contributed by atoms with E-state index in [4.69, 9.17) is 16.3 Å². The number of rotatable bonds is 2. The molecule has 0 bridgehead atoms. The van der Waals surface area contributed by atoms with Gasteiger partial charge in [0.1, 0.15) is 11.9 Å². The van der Waals surface area contributed by atoms with Gasteiger partial charge < -0.3 is 15.0 Å². The van der Waals surface area contributed by atoms with Gasteiger partial charge in [-0.3, -0.25) is 0 Å².